The van der Waals surface area contributed by atoms with Crippen molar-refractivity contribution in [3.8, 4) is 17.0 Å². The molecule has 0 saturated heterocycles. The van der Waals surface area contributed by atoms with Crippen LogP contribution in [0.4, 0.5) is 10.5 Å². The topological polar surface area (TPSA) is 96.3 Å². The predicted molar refractivity (Wildman–Crippen MR) is 142 cm³/mol. The Labute approximate surface area is 213 Å². The number of benzene rings is 2. The third kappa shape index (κ3) is 5.18. The van der Waals surface area contributed by atoms with Gasteiger partial charge in [0.1, 0.15) is 5.75 Å². The molecule has 4 aromatic rings. The van der Waals surface area contributed by atoms with Crippen LogP contribution in [0, 0.1) is 6.92 Å². The highest BCUT2D eigenvalue weighted by Crippen LogP contribution is 2.38. The minimum atomic E-state index is -0.301. The van der Waals surface area contributed by atoms with Crippen molar-refractivity contribution in [3.63, 3.8) is 0 Å². The van der Waals surface area contributed by atoms with Gasteiger partial charge in [0.2, 0.25) is 0 Å². The maximum Gasteiger partial charge on any atom is 0.342 e. The number of carbonyl (C=O) groups is 2. The molecule has 7 nitrogen and oxygen atoms in total. The standard InChI is InChI=1S/C28H28N4O3S/c1-18-8-10-19(11-9-18)17-29-28(35)32-24(20-5-2-3-6-20)16-23(31-32)22-15-21(12-13-25(22)33)30-27(34)26-7-4-14-36-26/h4,7-16,20,33H,2-3,5-6,17H2,1H3,(H,29,35)(H,30,34). The van der Waals surface area contributed by atoms with Crippen LogP contribution in [-0.2, 0) is 6.54 Å². The number of hydrogen-bond donors (Lipinski definition) is 3. The smallest absolute Gasteiger partial charge is 0.342 e. The number of anilines is 1. The van der Waals surface area contributed by atoms with E-state index in [2.05, 4.69) is 15.7 Å². The lowest BCUT2D eigenvalue weighted by Crippen LogP contribution is -2.30. The molecule has 8 heteroatoms. The van der Waals surface area contributed by atoms with Gasteiger partial charge in [0.15, 0.2) is 0 Å². The molecule has 2 aromatic carbocycles. The molecule has 36 heavy (non-hydrogen) atoms. The lowest BCUT2D eigenvalue weighted by atomic mass is 10.0. The summed E-state index contributed by atoms with van der Waals surface area (Å²) >= 11 is 1.36. The van der Waals surface area contributed by atoms with E-state index in [-0.39, 0.29) is 23.6 Å². The number of hydrogen-bond acceptors (Lipinski definition) is 5. The van der Waals surface area contributed by atoms with E-state index in [1.165, 1.54) is 27.6 Å². The van der Waals surface area contributed by atoms with Gasteiger partial charge in [-0.05, 0) is 61.0 Å². The van der Waals surface area contributed by atoms with Crippen LogP contribution in [0.3, 0.4) is 0 Å². The van der Waals surface area contributed by atoms with E-state index in [9.17, 15) is 14.7 Å². The zero-order chi connectivity index (χ0) is 25.1. The summed E-state index contributed by atoms with van der Waals surface area (Å²) in [7, 11) is 0. The van der Waals surface area contributed by atoms with E-state index in [4.69, 9.17) is 0 Å². The van der Waals surface area contributed by atoms with Crippen molar-refractivity contribution in [3.05, 3.63) is 87.7 Å². The van der Waals surface area contributed by atoms with Crippen molar-refractivity contribution in [2.75, 3.05) is 5.32 Å². The SMILES string of the molecule is Cc1ccc(CNC(=O)n2nc(-c3cc(NC(=O)c4cccs4)ccc3O)cc2C2CCCC2)cc1. The van der Waals surface area contributed by atoms with Gasteiger partial charge >= 0.3 is 6.03 Å². The molecule has 0 radical (unpaired) electrons. The van der Waals surface area contributed by atoms with Crippen molar-refractivity contribution < 1.29 is 14.7 Å². The van der Waals surface area contributed by atoms with Gasteiger partial charge in [-0.25, -0.2) is 4.79 Å². The molecule has 2 amide bonds. The number of rotatable bonds is 6. The maximum absolute atomic E-state index is 13.2. The Hall–Kier alpha value is -3.91. The monoisotopic (exact) mass is 500 g/mol. The summed E-state index contributed by atoms with van der Waals surface area (Å²) in [5.41, 5.74) is 4.52. The number of phenolic OH excluding ortho intramolecular Hbond substituents is 1. The number of phenols is 1. The van der Waals surface area contributed by atoms with Crippen LogP contribution in [0.1, 0.15) is 58.1 Å². The number of nitrogens with zero attached hydrogens (tertiary/aromatic N) is 2. The highest BCUT2D eigenvalue weighted by molar-refractivity contribution is 7.12. The second kappa shape index (κ2) is 10.4. The van der Waals surface area contributed by atoms with Gasteiger partial charge < -0.3 is 15.7 Å². The molecule has 0 aliphatic heterocycles. The first kappa shape index (κ1) is 23.8. The molecule has 1 saturated carbocycles. The third-order valence-electron chi connectivity index (χ3n) is 6.54. The van der Waals surface area contributed by atoms with Crippen LogP contribution < -0.4 is 10.6 Å². The summed E-state index contributed by atoms with van der Waals surface area (Å²) in [6.07, 6.45) is 4.23. The normalized spacial score (nSPS) is 13.6. The quantitative estimate of drug-likeness (QED) is 0.271. The van der Waals surface area contributed by atoms with Crippen LogP contribution in [0.2, 0.25) is 0 Å². The van der Waals surface area contributed by atoms with Gasteiger partial charge in [0, 0.05) is 23.7 Å². The first-order valence-electron chi connectivity index (χ1n) is 12.1. The van der Waals surface area contributed by atoms with E-state index in [1.807, 2.05) is 48.7 Å². The molecule has 0 bridgehead atoms. The van der Waals surface area contributed by atoms with Crippen molar-refractivity contribution in [1.82, 2.24) is 15.1 Å². The van der Waals surface area contributed by atoms with E-state index < -0.39 is 0 Å². The first-order valence-corrected chi connectivity index (χ1v) is 13.0. The Morgan fingerprint density at radius 3 is 2.58 bits per heavy atom. The van der Waals surface area contributed by atoms with Crippen molar-refractivity contribution in [1.29, 1.82) is 0 Å². The highest BCUT2D eigenvalue weighted by Gasteiger charge is 2.26. The summed E-state index contributed by atoms with van der Waals surface area (Å²) in [6.45, 7) is 2.42. The van der Waals surface area contributed by atoms with Crippen LogP contribution in [0.15, 0.2) is 66.0 Å². The van der Waals surface area contributed by atoms with Crippen molar-refractivity contribution >= 4 is 29.0 Å². The Morgan fingerprint density at radius 1 is 1.08 bits per heavy atom. The van der Waals surface area contributed by atoms with Crippen molar-refractivity contribution in [2.45, 2.75) is 45.1 Å². The summed E-state index contributed by atoms with van der Waals surface area (Å²) in [5, 5.41) is 22.9. The number of aromatic nitrogens is 2. The summed E-state index contributed by atoms with van der Waals surface area (Å²) < 4.78 is 1.44. The van der Waals surface area contributed by atoms with Crippen molar-refractivity contribution in [2.24, 2.45) is 0 Å². The van der Waals surface area contributed by atoms with Gasteiger partial charge in [-0.3, -0.25) is 4.79 Å². The molecular weight excluding hydrogens is 472 g/mol. The Bertz CT molecular complexity index is 1370. The predicted octanol–water partition coefficient (Wildman–Crippen LogP) is 6.29. The fraction of sp³-hybridized carbons (Fsp3) is 0.250. The highest BCUT2D eigenvalue weighted by atomic mass is 32.1. The van der Waals surface area contributed by atoms with E-state index in [1.54, 1.807) is 18.2 Å². The Kier molecular flexibility index (Phi) is 6.86. The second-order valence-corrected chi connectivity index (χ2v) is 10.1. The third-order valence-corrected chi connectivity index (χ3v) is 7.41. The second-order valence-electron chi connectivity index (χ2n) is 9.16. The minimum Gasteiger partial charge on any atom is -0.507 e. The fourth-order valence-corrected chi connectivity index (χ4v) is 5.20. The summed E-state index contributed by atoms with van der Waals surface area (Å²) in [6, 6.07) is 18.1. The zero-order valence-electron chi connectivity index (χ0n) is 20.0. The molecule has 2 heterocycles. The summed E-state index contributed by atoms with van der Waals surface area (Å²) in [4.78, 5) is 26.3. The lowest BCUT2D eigenvalue weighted by Gasteiger charge is -2.12. The van der Waals surface area contributed by atoms with Crippen LogP contribution in [0.5, 0.6) is 5.75 Å². The van der Waals surface area contributed by atoms with Crippen LogP contribution >= 0.6 is 11.3 Å². The molecule has 1 fully saturated rings. The molecule has 3 N–H and O–H groups in total. The number of nitrogens with one attached hydrogen (secondary N) is 2. The number of aryl methyl sites for hydroxylation is 1. The summed E-state index contributed by atoms with van der Waals surface area (Å²) in [5.74, 6) is 0.0568. The number of thiophene rings is 1. The molecule has 1 aliphatic rings. The van der Waals surface area contributed by atoms with Gasteiger partial charge in [-0.2, -0.15) is 9.78 Å². The molecule has 0 unspecified atom stereocenters. The van der Waals surface area contributed by atoms with E-state index in [0.29, 0.717) is 28.4 Å². The average molecular weight is 501 g/mol. The number of aromatic hydroxyl groups is 1. The largest absolute Gasteiger partial charge is 0.507 e. The molecular formula is C28H28N4O3S. The molecule has 0 atom stereocenters. The van der Waals surface area contributed by atoms with E-state index >= 15 is 0 Å². The molecule has 0 spiro atoms. The number of amides is 2. The Morgan fingerprint density at radius 2 is 1.86 bits per heavy atom. The van der Waals surface area contributed by atoms with Gasteiger partial charge in [-0.15, -0.1) is 11.3 Å². The lowest BCUT2D eigenvalue weighted by molar-refractivity contribution is 0.103. The minimum absolute atomic E-state index is 0.0341. The molecule has 1 aliphatic carbocycles. The molecule has 5 rings (SSSR count). The zero-order valence-corrected chi connectivity index (χ0v) is 20.8. The molecule has 2 aromatic heterocycles. The van der Waals surface area contributed by atoms with Crippen LogP contribution in [-0.4, -0.2) is 26.8 Å². The van der Waals surface area contributed by atoms with Gasteiger partial charge in [0.25, 0.3) is 5.91 Å². The maximum atomic E-state index is 13.2. The van der Waals surface area contributed by atoms with Gasteiger partial charge in [-0.1, -0.05) is 48.7 Å². The van der Waals surface area contributed by atoms with Crippen LogP contribution in [0.25, 0.3) is 11.3 Å². The fourth-order valence-electron chi connectivity index (χ4n) is 4.58. The average Bonchev–Trinajstić information content (AvgIpc) is 3.66. The first-order chi connectivity index (χ1) is 17.5. The molecule has 184 valence electrons. The number of carbonyl (C=O) groups excluding carboxylic acids is 2. The Balaban J connectivity index is 1.42. The van der Waals surface area contributed by atoms with Gasteiger partial charge in [0.05, 0.1) is 16.3 Å². The van der Waals surface area contributed by atoms with E-state index in [0.717, 1.165) is 36.9 Å².